The Hall–Kier alpha value is -1.90. The molecule has 1 atom stereocenters. The van der Waals surface area contributed by atoms with E-state index in [0.717, 1.165) is 12.1 Å². The van der Waals surface area contributed by atoms with Crippen LogP contribution in [0.5, 0.6) is 0 Å². The molecule has 1 aromatic heterocycles. The second-order valence-electron chi connectivity index (χ2n) is 6.66. The molecular weight excluding hydrogens is 394 g/mol. The molecule has 1 aromatic carbocycles. The molecular formula is C20H25N3O3S2. The molecule has 3 rings (SSSR count). The quantitative estimate of drug-likeness (QED) is 0.645. The molecule has 2 heterocycles. The second-order valence-corrected chi connectivity index (χ2v) is 9.59. The Kier molecular flexibility index (Phi) is 6.42. The number of sulfonamides is 1. The first-order chi connectivity index (χ1) is 13.4. The molecule has 6 nitrogen and oxygen atoms in total. The van der Waals surface area contributed by atoms with E-state index in [1.807, 2.05) is 43.9 Å². The van der Waals surface area contributed by atoms with Gasteiger partial charge in [0.1, 0.15) is 4.90 Å². The second kappa shape index (κ2) is 8.63. The molecule has 1 aliphatic heterocycles. The van der Waals surface area contributed by atoms with Gasteiger partial charge in [0.2, 0.25) is 15.9 Å². The van der Waals surface area contributed by atoms with Crippen LogP contribution in [0.2, 0.25) is 0 Å². The normalized spacial score (nSPS) is 16.4. The summed E-state index contributed by atoms with van der Waals surface area (Å²) in [6.45, 7) is 6.50. The van der Waals surface area contributed by atoms with Gasteiger partial charge in [-0.1, -0.05) is 43.8 Å². The Morgan fingerprint density at radius 1 is 1.21 bits per heavy atom. The van der Waals surface area contributed by atoms with E-state index in [-0.39, 0.29) is 22.6 Å². The van der Waals surface area contributed by atoms with Crippen LogP contribution in [0, 0.1) is 0 Å². The first kappa shape index (κ1) is 20.8. The number of para-hydroxylation sites is 1. The summed E-state index contributed by atoms with van der Waals surface area (Å²) in [5, 5.41) is 0.631. The zero-order chi connectivity index (χ0) is 20.3. The molecule has 0 aliphatic carbocycles. The monoisotopic (exact) mass is 419 g/mol. The van der Waals surface area contributed by atoms with E-state index in [1.165, 1.54) is 27.8 Å². The van der Waals surface area contributed by atoms with Crippen LogP contribution in [0.3, 0.4) is 0 Å². The number of hydrogen-bond acceptors (Lipinski definition) is 5. The van der Waals surface area contributed by atoms with Crippen molar-refractivity contribution >= 4 is 33.4 Å². The minimum Gasteiger partial charge on any atom is -0.308 e. The Labute approximate surface area is 171 Å². The summed E-state index contributed by atoms with van der Waals surface area (Å²) in [5.41, 5.74) is 2.17. The van der Waals surface area contributed by atoms with Gasteiger partial charge in [-0.25, -0.2) is 13.4 Å². The molecule has 28 heavy (non-hydrogen) atoms. The van der Waals surface area contributed by atoms with Crippen LogP contribution in [-0.4, -0.2) is 48.5 Å². The molecule has 0 fully saturated rings. The first-order valence-electron chi connectivity index (χ1n) is 9.37. The number of rotatable bonds is 7. The number of thioether (sulfide) groups is 1. The van der Waals surface area contributed by atoms with E-state index in [2.05, 4.69) is 11.1 Å². The Bertz CT molecular complexity index is 941. The summed E-state index contributed by atoms with van der Waals surface area (Å²) in [5.74, 6) is 0.289. The summed E-state index contributed by atoms with van der Waals surface area (Å²) < 4.78 is 26.4. The minimum absolute atomic E-state index is 0.0316. The number of carbonyl (C=O) groups excluding carboxylic acids is 1. The summed E-state index contributed by atoms with van der Waals surface area (Å²) in [6, 6.07) is 11.3. The molecule has 0 spiro atoms. The highest BCUT2D eigenvalue weighted by molar-refractivity contribution is 7.99. The lowest BCUT2D eigenvalue weighted by molar-refractivity contribution is -0.116. The van der Waals surface area contributed by atoms with Crippen LogP contribution in [0.1, 0.15) is 26.3 Å². The van der Waals surface area contributed by atoms with Gasteiger partial charge in [-0.2, -0.15) is 4.31 Å². The number of hydrogen-bond donors (Lipinski definition) is 0. The van der Waals surface area contributed by atoms with Crippen LogP contribution in [0.4, 0.5) is 5.69 Å². The van der Waals surface area contributed by atoms with E-state index in [1.54, 1.807) is 12.1 Å². The predicted molar refractivity (Wildman–Crippen MR) is 112 cm³/mol. The Morgan fingerprint density at radius 2 is 1.93 bits per heavy atom. The Morgan fingerprint density at radius 3 is 2.57 bits per heavy atom. The Balaban J connectivity index is 1.66. The van der Waals surface area contributed by atoms with Crippen LogP contribution >= 0.6 is 11.8 Å². The maximum absolute atomic E-state index is 12.8. The van der Waals surface area contributed by atoms with Gasteiger partial charge in [0.05, 0.1) is 10.8 Å². The van der Waals surface area contributed by atoms with E-state index in [4.69, 9.17) is 0 Å². The minimum atomic E-state index is -3.52. The van der Waals surface area contributed by atoms with Crippen molar-refractivity contribution in [2.24, 2.45) is 0 Å². The number of carbonyl (C=O) groups is 1. The summed E-state index contributed by atoms with van der Waals surface area (Å²) >= 11 is 1.32. The van der Waals surface area contributed by atoms with Crippen molar-refractivity contribution in [1.82, 2.24) is 9.29 Å². The zero-order valence-electron chi connectivity index (χ0n) is 16.3. The van der Waals surface area contributed by atoms with Gasteiger partial charge in [0.25, 0.3) is 0 Å². The third-order valence-electron chi connectivity index (χ3n) is 4.87. The van der Waals surface area contributed by atoms with Gasteiger partial charge in [-0.3, -0.25) is 4.79 Å². The third-order valence-corrected chi connectivity index (χ3v) is 7.83. The maximum Gasteiger partial charge on any atom is 0.244 e. The van der Waals surface area contributed by atoms with Crippen molar-refractivity contribution in [1.29, 1.82) is 0 Å². The van der Waals surface area contributed by atoms with Crippen LogP contribution in [-0.2, 0) is 21.2 Å². The smallest absolute Gasteiger partial charge is 0.244 e. The number of aromatic nitrogens is 1. The van der Waals surface area contributed by atoms with Crippen molar-refractivity contribution in [3.8, 4) is 0 Å². The van der Waals surface area contributed by atoms with Crippen molar-refractivity contribution in [2.75, 3.05) is 23.7 Å². The van der Waals surface area contributed by atoms with Gasteiger partial charge in [-0.05, 0) is 37.1 Å². The molecule has 0 saturated carbocycles. The van der Waals surface area contributed by atoms with E-state index >= 15 is 0 Å². The molecule has 1 aliphatic rings. The predicted octanol–water partition coefficient (Wildman–Crippen LogP) is 3.18. The topological polar surface area (TPSA) is 70.6 Å². The van der Waals surface area contributed by atoms with Crippen molar-refractivity contribution in [3.05, 3.63) is 48.2 Å². The van der Waals surface area contributed by atoms with Crippen molar-refractivity contribution in [2.45, 2.75) is 43.2 Å². The number of amides is 1. The number of fused-ring (bicyclic) bond motifs is 1. The maximum atomic E-state index is 12.8. The highest BCUT2D eigenvalue weighted by Gasteiger charge is 2.30. The molecule has 1 unspecified atom stereocenters. The third kappa shape index (κ3) is 4.09. The van der Waals surface area contributed by atoms with Crippen LogP contribution in [0.25, 0.3) is 0 Å². The van der Waals surface area contributed by atoms with Crippen molar-refractivity contribution in [3.63, 3.8) is 0 Å². The highest BCUT2D eigenvalue weighted by Crippen LogP contribution is 2.32. The largest absolute Gasteiger partial charge is 0.308 e. The highest BCUT2D eigenvalue weighted by atomic mass is 32.2. The van der Waals surface area contributed by atoms with E-state index in [0.29, 0.717) is 18.1 Å². The number of anilines is 1. The molecule has 0 bridgehead atoms. The number of pyridine rings is 1. The number of benzene rings is 1. The standard InChI is InChI=1S/C20H25N3O3S2/c1-4-22(5-2)28(25,26)17-10-11-19(21-13-17)27-14-20(24)23-15(3)12-16-8-6-7-9-18(16)23/h6-11,13,15H,4-5,12,14H2,1-3H3. The lowest BCUT2D eigenvalue weighted by Gasteiger charge is -2.22. The molecule has 1 amide bonds. The first-order valence-corrected chi connectivity index (χ1v) is 11.8. The van der Waals surface area contributed by atoms with E-state index < -0.39 is 10.0 Å². The van der Waals surface area contributed by atoms with Gasteiger partial charge >= 0.3 is 0 Å². The lowest BCUT2D eigenvalue weighted by Crippen LogP contribution is -2.37. The average Bonchev–Trinajstić information content (AvgIpc) is 3.03. The SMILES string of the molecule is CCN(CC)S(=O)(=O)c1ccc(SCC(=O)N2c3ccccc3CC2C)nc1. The summed E-state index contributed by atoms with van der Waals surface area (Å²) in [6.07, 6.45) is 2.23. The molecule has 8 heteroatoms. The van der Waals surface area contributed by atoms with Crippen LogP contribution < -0.4 is 4.90 Å². The number of nitrogens with zero attached hydrogens (tertiary/aromatic N) is 3. The lowest BCUT2D eigenvalue weighted by atomic mass is 10.1. The fourth-order valence-electron chi connectivity index (χ4n) is 3.47. The fraction of sp³-hybridized carbons (Fsp3) is 0.400. The van der Waals surface area contributed by atoms with Crippen LogP contribution in [0.15, 0.2) is 52.5 Å². The average molecular weight is 420 g/mol. The van der Waals surface area contributed by atoms with Gasteiger partial charge in [-0.15, -0.1) is 0 Å². The molecule has 0 saturated heterocycles. The molecule has 0 N–H and O–H groups in total. The summed E-state index contributed by atoms with van der Waals surface area (Å²) in [4.78, 5) is 19.0. The van der Waals surface area contributed by atoms with Gasteiger partial charge < -0.3 is 4.90 Å². The van der Waals surface area contributed by atoms with Gasteiger partial charge in [0, 0.05) is 31.0 Å². The van der Waals surface area contributed by atoms with Crippen molar-refractivity contribution < 1.29 is 13.2 Å². The molecule has 0 radical (unpaired) electrons. The zero-order valence-corrected chi connectivity index (χ0v) is 18.0. The molecule has 2 aromatic rings. The molecule has 150 valence electrons. The van der Waals surface area contributed by atoms with Gasteiger partial charge in [0.15, 0.2) is 0 Å². The summed E-state index contributed by atoms with van der Waals surface area (Å²) in [7, 11) is -3.52. The fourth-order valence-corrected chi connectivity index (χ4v) is 5.57. The van der Waals surface area contributed by atoms with E-state index in [9.17, 15) is 13.2 Å².